The molecule has 0 fully saturated rings. The molecular weight excluding hydrogens is 156 g/mol. The monoisotopic (exact) mass is 164 g/mol. The molecule has 0 unspecified atom stereocenters. The van der Waals surface area contributed by atoms with Crippen molar-refractivity contribution in [3.05, 3.63) is 29.4 Å². The van der Waals surface area contributed by atoms with Crippen molar-refractivity contribution in [2.24, 2.45) is 0 Å². The number of H-pyrrole nitrogens is 1. The van der Waals surface area contributed by atoms with Crippen molar-refractivity contribution in [2.75, 3.05) is 0 Å². The van der Waals surface area contributed by atoms with Crippen molar-refractivity contribution in [2.45, 2.75) is 6.92 Å². The zero-order valence-corrected chi connectivity index (χ0v) is 6.98. The molecule has 2 aromatic heterocycles. The lowest BCUT2D eigenvalue weighted by Gasteiger charge is -1.86. The van der Waals surface area contributed by atoms with Gasteiger partial charge in [-0.2, -0.15) is 0 Å². The summed E-state index contributed by atoms with van der Waals surface area (Å²) in [6.07, 6.45) is 3.61. The minimum atomic E-state index is 0.961. The average Bonchev–Trinajstić information content (AvgIpc) is 2.55. The van der Waals surface area contributed by atoms with Crippen LogP contribution in [-0.4, -0.2) is 9.97 Å². The first-order chi connectivity index (χ1) is 5.36. The molecule has 0 amide bonds. The maximum atomic E-state index is 4.15. The number of aryl methyl sites for hydroxylation is 1. The zero-order chi connectivity index (χ0) is 7.68. The second-order valence-electron chi connectivity index (χ2n) is 2.35. The van der Waals surface area contributed by atoms with Crippen molar-refractivity contribution >= 4 is 11.3 Å². The van der Waals surface area contributed by atoms with Crippen LogP contribution in [0.5, 0.6) is 0 Å². The van der Waals surface area contributed by atoms with Gasteiger partial charge in [-0.1, -0.05) is 0 Å². The van der Waals surface area contributed by atoms with E-state index in [0.717, 1.165) is 5.82 Å². The standard InChI is InChI=1S/C8H8N2S/c1-6-2-3-7(11-6)8-9-4-5-10-8/h2-5H,1H3,(H,9,10). The minimum Gasteiger partial charge on any atom is -0.344 e. The van der Waals surface area contributed by atoms with E-state index in [1.54, 1.807) is 17.5 Å². The van der Waals surface area contributed by atoms with E-state index < -0.39 is 0 Å². The summed E-state index contributed by atoms with van der Waals surface area (Å²) in [5.74, 6) is 0.961. The highest BCUT2D eigenvalue weighted by atomic mass is 32.1. The molecule has 2 heterocycles. The van der Waals surface area contributed by atoms with E-state index in [1.165, 1.54) is 9.75 Å². The van der Waals surface area contributed by atoms with Crippen LogP contribution in [0, 0.1) is 6.92 Å². The van der Waals surface area contributed by atoms with E-state index in [4.69, 9.17) is 0 Å². The normalized spacial score (nSPS) is 10.3. The van der Waals surface area contributed by atoms with Crippen LogP contribution in [-0.2, 0) is 0 Å². The first-order valence-electron chi connectivity index (χ1n) is 3.42. The molecule has 0 saturated heterocycles. The van der Waals surface area contributed by atoms with E-state index in [1.807, 2.05) is 6.20 Å². The number of rotatable bonds is 1. The van der Waals surface area contributed by atoms with E-state index in [0.29, 0.717) is 0 Å². The third kappa shape index (κ3) is 1.19. The van der Waals surface area contributed by atoms with Crippen LogP contribution in [0.15, 0.2) is 24.5 Å². The molecule has 0 bridgehead atoms. The maximum Gasteiger partial charge on any atom is 0.147 e. The number of thiophene rings is 1. The first kappa shape index (κ1) is 6.61. The van der Waals surface area contributed by atoms with Gasteiger partial charge in [-0.25, -0.2) is 4.98 Å². The Kier molecular flexibility index (Phi) is 1.51. The van der Waals surface area contributed by atoms with Gasteiger partial charge < -0.3 is 4.98 Å². The van der Waals surface area contributed by atoms with Crippen molar-refractivity contribution in [3.63, 3.8) is 0 Å². The smallest absolute Gasteiger partial charge is 0.147 e. The van der Waals surface area contributed by atoms with Gasteiger partial charge in [-0.15, -0.1) is 11.3 Å². The SMILES string of the molecule is Cc1ccc(-c2ncc[nH]2)s1. The molecule has 3 heteroatoms. The molecule has 1 N–H and O–H groups in total. The molecule has 0 aromatic carbocycles. The highest BCUT2D eigenvalue weighted by molar-refractivity contribution is 7.15. The quantitative estimate of drug-likeness (QED) is 0.689. The number of aromatic amines is 1. The van der Waals surface area contributed by atoms with Crippen molar-refractivity contribution < 1.29 is 0 Å². The van der Waals surface area contributed by atoms with Crippen LogP contribution in [0.1, 0.15) is 4.88 Å². The Labute approximate surface area is 68.9 Å². The molecule has 0 radical (unpaired) electrons. The van der Waals surface area contributed by atoms with Crippen LogP contribution in [0.25, 0.3) is 10.7 Å². The Bertz CT molecular complexity index is 335. The summed E-state index contributed by atoms with van der Waals surface area (Å²) in [4.78, 5) is 9.74. The van der Waals surface area contributed by atoms with Crippen LogP contribution in [0.2, 0.25) is 0 Å². The molecule has 0 aliphatic rings. The Balaban J connectivity index is 2.45. The molecule has 0 atom stereocenters. The van der Waals surface area contributed by atoms with Gasteiger partial charge in [0.15, 0.2) is 0 Å². The van der Waals surface area contributed by atoms with Crippen LogP contribution in [0.4, 0.5) is 0 Å². The molecule has 0 aliphatic heterocycles. The van der Waals surface area contributed by atoms with E-state index in [2.05, 4.69) is 29.0 Å². The fraction of sp³-hybridized carbons (Fsp3) is 0.125. The predicted molar refractivity (Wildman–Crippen MR) is 46.6 cm³/mol. The third-order valence-electron chi connectivity index (χ3n) is 1.47. The first-order valence-corrected chi connectivity index (χ1v) is 4.24. The highest BCUT2D eigenvalue weighted by Gasteiger charge is 2.00. The summed E-state index contributed by atoms with van der Waals surface area (Å²) in [6, 6.07) is 4.18. The summed E-state index contributed by atoms with van der Waals surface area (Å²) < 4.78 is 0. The fourth-order valence-electron chi connectivity index (χ4n) is 0.962. The van der Waals surface area contributed by atoms with Gasteiger partial charge >= 0.3 is 0 Å². The maximum absolute atomic E-state index is 4.15. The molecule has 11 heavy (non-hydrogen) atoms. The number of hydrogen-bond acceptors (Lipinski definition) is 2. The van der Waals surface area contributed by atoms with E-state index in [9.17, 15) is 0 Å². The van der Waals surface area contributed by atoms with Gasteiger partial charge in [0.25, 0.3) is 0 Å². The lowest BCUT2D eigenvalue weighted by Crippen LogP contribution is -1.71. The van der Waals surface area contributed by atoms with Gasteiger partial charge in [0, 0.05) is 17.3 Å². The van der Waals surface area contributed by atoms with Gasteiger partial charge in [0.1, 0.15) is 5.82 Å². The number of nitrogens with one attached hydrogen (secondary N) is 1. The molecule has 2 nitrogen and oxygen atoms in total. The molecule has 0 spiro atoms. The fourth-order valence-corrected chi connectivity index (χ4v) is 1.79. The highest BCUT2D eigenvalue weighted by Crippen LogP contribution is 2.23. The van der Waals surface area contributed by atoms with E-state index >= 15 is 0 Å². The number of aromatic nitrogens is 2. The summed E-state index contributed by atoms with van der Waals surface area (Å²) >= 11 is 1.75. The second-order valence-corrected chi connectivity index (χ2v) is 3.64. The van der Waals surface area contributed by atoms with Gasteiger partial charge in [0.05, 0.1) is 4.88 Å². The number of hydrogen-bond donors (Lipinski definition) is 1. The average molecular weight is 164 g/mol. The Morgan fingerprint density at radius 2 is 2.36 bits per heavy atom. The molecular formula is C8H8N2S. The lowest BCUT2D eigenvalue weighted by molar-refractivity contribution is 1.33. The van der Waals surface area contributed by atoms with Crippen molar-refractivity contribution in [1.82, 2.24) is 9.97 Å². The molecule has 0 aliphatic carbocycles. The second kappa shape index (κ2) is 2.51. The van der Waals surface area contributed by atoms with Gasteiger partial charge in [-0.3, -0.25) is 0 Å². The van der Waals surface area contributed by atoms with Crippen molar-refractivity contribution in [3.8, 4) is 10.7 Å². The molecule has 2 aromatic rings. The number of imidazole rings is 1. The summed E-state index contributed by atoms with van der Waals surface area (Å²) in [5, 5.41) is 0. The summed E-state index contributed by atoms with van der Waals surface area (Å²) in [7, 11) is 0. The lowest BCUT2D eigenvalue weighted by atomic mass is 10.4. The van der Waals surface area contributed by atoms with Gasteiger partial charge in [-0.05, 0) is 19.1 Å². The number of nitrogens with zero attached hydrogens (tertiary/aromatic N) is 1. The van der Waals surface area contributed by atoms with Gasteiger partial charge in [0.2, 0.25) is 0 Å². The Hall–Kier alpha value is -1.09. The molecule has 2 rings (SSSR count). The topological polar surface area (TPSA) is 28.7 Å². The van der Waals surface area contributed by atoms with Crippen LogP contribution < -0.4 is 0 Å². The summed E-state index contributed by atoms with van der Waals surface area (Å²) in [5.41, 5.74) is 0. The van der Waals surface area contributed by atoms with E-state index in [-0.39, 0.29) is 0 Å². The predicted octanol–water partition coefficient (Wildman–Crippen LogP) is 2.45. The zero-order valence-electron chi connectivity index (χ0n) is 6.16. The molecule has 56 valence electrons. The Morgan fingerprint density at radius 1 is 1.45 bits per heavy atom. The molecule has 0 saturated carbocycles. The third-order valence-corrected chi connectivity index (χ3v) is 2.48. The Morgan fingerprint density at radius 3 is 2.91 bits per heavy atom. The minimum absolute atomic E-state index is 0.961. The summed E-state index contributed by atoms with van der Waals surface area (Å²) in [6.45, 7) is 2.09. The largest absolute Gasteiger partial charge is 0.344 e. The van der Waals surface area contributed by atoms with Crippen molar-refractivity contribution in [1.29, 1.82) is 0 Å². The van der Waals surface area contributed by atoms with Crippen LogP contribution in [0.3, 0.4) is 0 Å². The van der Waals surface area contributed by atoms with Crippen LogP contribution >= 0.6 is 11.3 Å².